The molecule has 0 atom stereocenters. The minimum Gasteiger partial charge on any atom is -0.298 e. The molecule has 2 heteroatoms. The fourth-order valence-electron chi connectivity index (χ4n) is 4.74. The third-order valence-corrected chi connectivity index (χ3v) is 6.70. The van der Waals surface area contributed by atoms with Crippen LogP contribution in [0.15, 0.2) is 0 Å². The molecule has 2 saturated carbocycles. The molecule has 1 aliphatic heterocycles. The van der Waals surface area contributed by atoms with Crippen molar-refractivity contribution in [1.29, 1.82) is 0 Å². The van der Waals surface area contributed by atoms with E-state index in [2.05, 4.69) is 37.5 Å². The number of nitrogens with zero attached hydrogens (tertiary/aromatic N) is 2. The molecule has 1 spiro atoms. The maximum atomic E-state index is 2.90. The van der Waals surface area contributed by atoms with E-state index in [9.17, 15) is 0 Å². The summed E-state index contributed by atoms with van der Waals surface area (Å²) in [7, 11) is 0. The van der Waals surface area contributed by atoms with Crippen molar-refractivity contribution in [3.63, 3.8) is 0 Å². The van der Waals surface area contributed by atoms with E-state index in [0.717, 1.165) is 23.8 Å². The average molecular weight is 293 g/mol. The molecular formula is C19H36N2. The van der Waals surface area contributed by atoms with E-state index in [1.54, 1.807) is 0 Å². The molecule has 0 bridgehead atoms. The van der Waals surface area contributed by atoms with Crippen LogP contribution in [-0.2, 0) is 0 Å². The third-order valence-electron chi connectivity index (χ3n) is 6.70. The van der Waals surface area contributed by atoms with Gasteiger partial charge in [-0.15, -0.1) is 0 Å². The zero-order valence-electron chi connectivity index (χ0n) is 14.8. The highest BCUT2D eigenvalue weighted by atomic mass is 15.3. The van der Waals surface area contributed by atoms with Crippen LogP contribution < -0.4 is 0 Å². The van der Waals surface area contributed by atoms with E-state index in [-0.39, 0.29) is 0 Å². The van der Waals surface area contributed by atoms with Crippen molar-refractivity contribution in [2.45, 2.75) is 77.8 Å². The first kappa shape index (κ1) is 15.8. The Balaban J connectivity index is 1.50. The van der Waals surface area contributed by atoms with Crippen LogP contribution in [-0.4, -0.2) is 47.6 Å². The van der Waals surface area contributed by atoms with Crippen LogP contribution in [0.3, 0.4) is 0 Å². The van der Waals surface area contributed by atoms with Crippen LogP contribution in [0.5, 0.6) is 0 Å². The summed E-state index contributed by atoms with van der Waals surface area (Å²) in [6, 6.07) is 0.728. The molecule has 0 radical (unpaired) electrons. The SMILES string of the molecule is CC(C)C1CCC(CN2CCN(C(C)C)CC23CC3)CC1. The molecule has 0 aromatic heterocycles. The normalized spacial score (nSPS) is 34.0. The Morgan fingerprint density at radius 3 is 2.14 bits per heavy atom. The summed E-state index contributed by atoms with van der Waals surface area (Å²) in [6.45, 7) is 14.9. The van der Waals surface area contributed by atoms with Gasteiger partial charge in [-0.25, -0.2) is 0 Å². The first-order valence-electron chi connectivity index (χ1n) is 9.49. The van der Waals surface area contributed by atoms with Crippen molar-refractivity contribution in [2.24, 2.45) is 17.8 Å². The summed E-state index contributed by atoms with van der Waals surface area (Å²) in [5.74, 6) is 2.90. The highest BCUT2D eigenvalue weighted by Crippen LogP contribution is 2.46. The molecular weight excluding hydrogens is 256 g/mol. The van der Waals surface area contributed by atoms with E-state index in [4.69, 9.17) is 0 Å². The Labute approximate surface area is 132 Å². The zero-order chi connectivity index (χ0) is 15.0. The first-order chi connectivity index (χ1) is 10.00. The molecule has 3 fully saturated rings. The molecule has 21 heavy (non-hydrogen) atoms. The lowest BCUT2D eigenvalue weighted by Gasteiger charge is -2.46. The predicted molar refractivity (Wildman–Crippen MR) is 90.5 cm³/mol. The average Bonchev–Trinajstić information content (AvgIpc) is 3.22. The van der Waals surface area contributed by atoms with Crippen LogP contribution in [0.25, 0.3) is 0 Å². The molecule has 1 heterocycles. The standard InChI is InChI=1S/C19H36N2/c1-15(2)18-7-5-17(6-8-18)13-21-12-11-20(16(3)4)14-19(21)9-10-19/h15-18H,5-14H2,1-4H3. The van der Waals surface area contributed by atoms with Gasteiger partial charge in [0.05, 0.1) is 0 Å². The molecule has 1 saturated heterocycles. The quantitative estimate of drug-likeness (QED) is 0.772. The zero-order valence-corrected chi connectivity index (χ0v) is 14.8. The lowest BCUT2D eigenvalue weighted by molar-refractivity contribution is 0.0249. The first-order valence-corrected chi connectivity index (χ1v) is 9.49. The van der Waals surface area contributed by atoms with Crippen LogP contribution >= 0.6 is 0 Å². The second-order valence-electron chi connectivity index (χ2n) is 8.76. The Hall–Kier alpha value is -0.0800. The van der Waals surface area contributed by atoms with Crippen LogP contribution in [0.4, 0.5) is 0 Å². The van der Waals surface area contributed by atoms with Crippen molar-refractivity contribution >= 4 is 0 Å². The van der Waals surface area contributed by atoms with Crippen molar-refractivity contribution < 1.29 is 0 Å². The van der Waals surface area contributed by atoms with E-state index in [1.165, 1.54) is 64.7 Å². The van der Waals surface area contributed by atoms with Gasteiger partial charge in [0.15, 0.2) is 0 Å². The molecule has 0 N–H and O–H groups in total. The van der Waals surface area contributed by atoms with Crippen LogP contribution in [0, 0.1) is 17.8 Å². The number of hydrogen-bond donors (Lipinski definition) is 0. The van der Waals surface area contributed by atoms with Crippen molar-refractivity contribution in [3.8, 4) is 0 Å². The van der Waals surface area contributed by atoms with Gasteiger partial charge in [-0.3, -0.25) is 9.80 Å². The van der Waals surface area contributed by atoms with Gasteiger partial charge in [0.1, 0.15) is 0 Å². The minimum atomic E-state index is 0.595. The lowest BCUT2D eigenvalue weighted by Crippen LogP contribution is -2.57. The summed E-state index contributed by atoms with van der Waals surface area (Å²) in [4.78, 5) is 5.60. The van der Waals surface area contributed by atoms with Gasteiger partial charge in [0.2, 0.25) is 0 Å². The van der Waals surface area contributed by atoms with Gasteiger partial charge >= 0.3 is 0 Å². The molecule has 2 nitrogen and oxygen atoms in total. The minimum absolute atomic E-state index is 0.595. The molecule has 0 amide bonds. The Morgan fingerprint density at radius 1 is 0.952 bits per heavy atom. The summed E-state index contributed by atoms with van der Waals surface area (Å²) in [6.07, 6.45) is 8.87. The van der Waals surface area contributed by atoms with Crippen LogP contribution in [0.1, 0.15) is 66.2 Å². The topological polar surface area (TPSA) is 6.48 Å². The highest BCUT2D eigenvalue weighted by molar-refractivity contribution is 5.09. The van der Waals surface area contributed by atoms with Gasteiger partial charge in [-0.2, -0.15) is 0 Å². The fourth-order valence-corrected chi connectivity index (χ4v) is 4.74. The number of hydrogen-bond acceptors (Lipinski definition) is 2. The second-order valence-corrected chi connectivity index (χ2v) is 8.76. The lowest BCUT2D eigenvalue weighted by atomic mass is 9.76. The molecule has 3 aliphatic rings. The second kappa shape index (κ2) is 6.20. The van der Waals surface area contributed by atoms with Gasteiger partial charge < -0.3 is 0 Å². The van der Waals surface area contributed by atoms with E-state index >= 15 is 0 Å². The number of piperazine rings is 1. The van der Waals surface area contributed by atoms with Gasteiger partial charge in [-0.1, -0.05) is 13.8 Å². The molecule has 0 aromatic carbocycles. The summed E-state index contributed by atoms with van der Waals surface area (Å²) >= 11 is 0. The molecule has 122 valence electrons. The van der Waals surface area contributed by atoms with E-state index in [1.807, 2.05) is 0 Å². The van der Waals surface area contributed by atoms with Gasteiger partial charge in [0.25, 0.3) is 0 Å². The maximum Gasteiger partial charge on any atom is 0.0338 e. The van der Waals surface area contributed by atoms with Crippen molar-refractivity contribution in [2.75, 3.05) is 26.2 Å². The Morgan fingerprint density at radius 2 is 1.62 bits per heavy atom. The van der Waals surface area contributed by atoms with Crippen molar-refractivity contribution in [1.82, 2.24) is 9.80 Å². The number of rotatable bonds is 4. The van der Waals surface area contributed by atoms with Gasteiger partial charge in [-0.05, 0) is 70.1 Å². The summed E-state index contributed by atoms with van der Waals surface area (Å²) in [5, 5.41) is 0. The largest absolute Gasteiger partial charge is 0.298 e. The molecule has 0 unspecified atom stereocenters. The van der Waals surface area contributed by atoms with Crippen molar-refractivity contribution in [3.05, 3.63) is 0 Å². The monoisotopic (exact) mass is 292 g/mol. The molecule has 2 aliphatic carbocycles. The third kappa shape index (κ3) is 3.47. The summed E-state index contributed by atoms with van der Waals surface area (Å²) < 4.78 is 0. The smallest absolute Gasteiger partial charge is 0.0338 e. The van der Waals surface area contributed by atoms with E-state index < -0.39 is 0 Å². The predicted octanol–water partition coefficient (Wildman–Crippen LogP) is 4.01. The molecule has 0 aromatic rings. The highest BCUT2D eigenvalue weighted by Gasteiger charge is 2.51. The molecule has 3 rings (SSSR count). The maximum absolute atomic E-state index is 2.90. The Bertz CT molecular complexity index is 337. The van der Waals surface area contributed by atoms with Crippen LogP contribution in [0.2, 0.25) is 0 Å². The van der Waals surface area contributed by atoms with Gasteiger partial charge in [0, 0.05) is 37.8 Å². The summed E-state index contributed by atoms with van der Waals surface area (Å²) in [5.41, 5.74) is 0.595. The van der Waals surface area contributed by atoms with E-state index in [0.29, 0.717) is 5.54 Å². The Kier molecular flexibility index (Phi) is 4.66. The fraction of sp³-hybridized carbons (Fsp3) is 1.00.